The third-order valence-electron chi connectivity index (χ3n) is 4.15. The molecule has 2 heterocycles. The zero-order valence-electron chi connectivity index (χ0n) is 13.0. The van der Waals surface area contributed by atoms with Crippen LogP contribution in [0.1, 0.15) is 33.1 Å². The fourth-order valence-electron chi connectivity index (χ4n) is 2.80. The molecule has 116 valence electrons. The number of aromatic nitrogens is 1. The van der Waals surface area contributed by atoms with Crippen LogP contribution in [-0.2, 0) is 0 Å². The van der Waals surface area contributed by atoms with E-state index >= 15 is 0 Å². The van der Waals surface area contributed by atoms with Gasteiger partial charge in [-0.25, -0.2) is 0 Å². The fraction of sp³-hybridized carbons (Fsp3) is 0.278. The molecule has 0 spiro atoms. The third-order valence-corrected chi connectivity index (χ3v) is 4.15. The summed E-state index contributed by atoms with van der Waals surface area (Å²) in [5.74, 6) is -0.0307. The highest BCUT2D eigenvalue weighted by molar-refractivity contribution is 5.94. The van der Waals surface area contributed by atoms with Gasteiger partial charge in [-0.15, -0.1) is 0 Å². The molecule has 0 radical (unpaired) electrons. The smallest absolute Gasteiger partial charge is 0.254 e. The van der Waals surface area contributed by atoms with Crippen molar-refractivity contribution in [2.75, 3.05) is 19.6 Å². The molecule has 1 aliphatic heterocycles. The number of amides is 1. The van der Waals surface area contributed by atoms with Crippen molar-refractivity contribution in [1.29, 1.82) is 5.26 Å². The topological polar surface area (TPSA) is 69.0 Å². The molecule has 1 aromatic carbocycles. The summed E-state index contributed by atoms with van der Waals surface area (Å²) >= 11 is 0. The van der Waals surface area contributed by atoms with E-state index in [4.69, 9.17) is 5.26 Å². The van der Waals surface area contributed by atoms with Crippen molar-refractivity contribution in [1.82, 2.24) is 15.2 Å². The van der Waals surface area contributed by atoms with E-state index in [1.165, 1.54) is 0 Å². The number of nitriles is 1. The summed E-state index contributed by atoms with van der Waals surface area (Å²) in [4.78, 5) is 18.7. The zero-order valence-corrected chi connectivity index (χ0v) is 13.0. The number of aryl methyl sites for hydroxylation is 1. The summed E-state index contributed by atoms with van der Waals surface area (Å²) < 4.78 is 0. The second kappa shape index (κ2) is 6.59. The van der Waals surface area contributed by atoms with Crippen LogP contribution in [0.4, 0.5) is 0 Å². The molecular formula is C18H18N4O. The normalized spacial score (nSPS) is 17.6. The molecule has 2 aromatic rings. The van der Waals surface area contributed by atoms with E-state index < -0.39 is 0 Å². The molecule has 1 atom stereocenters. The lowest BCUT2D eigenvalue weighted by Crippen LogP contribution is -2.48. The van der Waals surface area contributed by atoms with Gasteiger partial charge in [0.15, 0.2) is 0 Å². The van der Waals surface area contributed by atoms with Gasteiger partial charge in [0.1, 0.15) is 0 Å². The fourth-order valence-corrected chi connectivity index (χ4v) is 2.80. The molecule has 1 amide bonds. The van der Waals surface area contributed by atoms with Gasteiger partial charge in [-0.1, -0.05) is 12.1 Å². The predicted octanol–water partition coefficient (Wildman–Crippen LogP) is 2.05. The Labute approximate surface area is 135 Å². The maximum absolute atomic E-state index is 12.7. The van der Waals surface area contributed by atoms with Crippen LogP contribution in [0, 0.1) is 18.3 Å². The highest BCUT2D eigenvalue weighted by Gasteiger charge is 2.25. The molecule has 1 unspecified atom stereocenters. The quantitative estimate of drug-likeness (QED) is 0.922. The molecule has 1 aliphatic rings. The minimum Gasteiger partial charge on any atom is -0.335 e. The first kappa shape index (κ1) is 15.2. The lowest BCUT2D eigenvalue weighted by molar-refractivity contribution is 0.0703. The number of benzene rings is 1. The molecule has 1 saturated heterocycles. The van der Waals surface area contributed by atoms with Gasteiger partial charge in [0, 0.05) is 37.6 Å². The minimum absolute atomic E-state index is 0.0307. The number of nitrogens with one attached hydrogen (secondary N) is 1. The summed E-state index contributed by atoms with van der Waals surface area (Å²) in [5.41, 5.74) is 3.08. The van der Waals surface area contributed by atoms with Gasteiger partial charge >= 0.3 is 0 Å². The maximum Gasteiger partial charge on any atom is 0.254 e. The first-order valence-electron chi connectivity index (χ1n) is 7.62. The first-order valence-corrected chi connectivity index (χ1v) is 7.62. The number of nitrogens with zero attached hydrogens (tertiary/aromatic N) is 3. The van der Waals surface area contributed by atoms with Crippen LogP contribution in [0.25, 0.3) is 0 Å². The molecule has 5 heteroatoms. The van der Waals surface area contributed by atoms with Gasteiger partial charge in [-0.05, 0) is 36.2 Å². The standard InChI is InChI=1S/C18H18N4O/c1-13-4-5-14(9-16(13)10-19)18(23)22-8-7-21-17(12-22)15-3-2-6-20-11-15/h2-6,9,11,17,21H,7-8,12H2,1H3. The van der Waals surface area contributed by atoms with Gasteiger partial charge in [0.25, 0.3) is 5.91 Å². The summed E-state index contributed by atoms with van der Waals surface area (Å²) in [6.07, 6.45) is 3.57. The van der Waals surface area contributed by atoms with Crippen LogP contribution in [-0.4, -0.2) is 35.4 Å². The Morgan fingerprint density at radius 3 is 3.04 bits per heavy atom. The van der Waals surface area contributed by atoms with Crippen LogP contribution in [0.2, 0.25) is 0 Å². The van der Waals surface area contributed by atoms with Crippen molar-refractivity contribution in [2.45, 2.75) is 13.0 Å². The third kappa shape index (κ3) is 3.22. The van der Waals surface area contributed by atoms with E-state index in [0.717, 1.165) is 17.7 Å². The minimum atomic E-state index is -0.0307. The van der Waals surface area contributed by atoms with E-state index in [1.807, 2.05) is 36.2 Å². The molecule has 23 heavy (non-hydrogen) atoms. The zero-order chi connectivity index (χ0) is 16.2. The predicted molar refractivity (Wildman–Crippen MR) is 86.8 cm³/mol. The van der Waals surface area contributed by atoms with Gasteiger partial charge in [-0.2, -0.15) is 5.26 Å². The summed E-state index contributed by atoms with van der Waals surface area (Å²) in [5, 5.41) is 12.6. The Morgan fingerprint density at radius 2 is 2.30 bits per heavy atom. The lowest BCUT2D eigenvalue weighted by atomic mass is 10.0. The lowest BCUT2D eigenvalue weighted by Gasteiger charge is -2.34. The molecular weight excluding hydrogens is 288 g/mol. The van der Waals surface area contributed by atoms with Crippen LogP contribution < -0.4 is 5.32 Å². The SMILES string of the molecule is Cc1ccc(C(=O)N2CCNC(c3cccnc3)C2)cc1C#N. The van der Waals surface area contributed by atoms with Crippen molar-refractivity contribution in [3.05, 3.63) is 65.0 Å². The largest absolute Gasteiger partial charge is 0.335 e. The van der Waals surface area contributed by atoms with E-state index in [1.54, 1.807) is 18.3 Å². The van der Waals surface area contributed by atoms with E-state index in [0.29, 0.717) is 24.2 Å². The maximum atomic E-state index is 12.7. The number of carbonyl (C=O) groups is 1. The molecule has 1 aromatic heterocycles. The van der Waals surface area contributed by atoms with Crippen LogP contribution in [0.15, 0.2) is 42.7 Å². The highest BCUT2D eigenvalue weighted by atomic mass is 16.2. The number of piperazine rings is 1. The van der Waals surface area contributed by atoms with E-state index in [-0.39, 0.29) is 11.9 Å². The second-order valence-electron chi connectivity index (χ2n) is 5.69. The van der Waals surface area contributed by atoms with Crippen molar-refractivity contribution in [3.63, 3.8) is 0 Å². The van der Waals surface area contributed by atoms with Crippen LogP contribution >= 0.6 is 0 Å². The van der Waals surface area contributed by atoms with Gasteiger partial charge in [-0.3, -0.25) is 9.78 Å². The Kier molecular flexibility index (Phi) is 4.35. The summed E-state index contributed by atoms with van der Waals surface area (Å²) in [7, 11) is 0. The molecule has 0 bridgehead atoms. The van der Waals surface area contributed by atoms with E-state index in [2.05, 4.69) is 16.4 Å². The van der Waals surface area contributed by atoms with Gasteiger partial charge in [0.05, 0.1) is 17.7 Å². The molecule has 1 fully saturated rings. The van der Waals surface area contributed by atoms with Crippen molar-refractivity contribution < 1.29 is 4.79 Å². The van der Waals surface area contributed by atoms with Crippen molar-refractivity contribution in [3.8, 4) is 6.07 Å². The monoisotopic (exact) mass is 306 g/mol. The Morgan fingerprint density at radius 1 is 1.43 bits per heavy atom. The highest BCUT2D eigenvalue weighted by Crippen LogP contribution is 2.19. The number of carbonyl (C=O) groups excluding carboxylic acids is 1. The Balaban J connectivity index is 1.79. The second-order valence-corrected chi connectivity index (χ2v) is 5.69. The van der Waals surface area contributed by atoms with Crippen molar-refractivity contribution in [2.24, 2.45) is 0 Å². The number of hydrogen-bond acceptors (Lipinski definition) is 4. The molecule has 1 N–H and O–H groups in total. The van der Waals surface area contributed by atoms with Crippen LogP contribution in [0.5, 0.6) is 0 Å². The van der Waals surface area contributed by atoms with Crippen LogP contribution in [0.3, 0.4) is 0 Å². The van der Waals surface area contributed by atoms with Crippen molar-refractivity contribution >= 4 is 5.91 Å². The number of rotatable bonds is 2. The molecule has 5 nitrogen and oxygen atoms in total. The van der Waals surface area contributed by atoms with E-state index in [9.17, 15) is 4.79 Å². The average molecular weight is 306 g/mol. The Hall–Kier alpha value is -2.71. The Bertz CT molecular complexity index is 751. The summed E-state index contributed by atoms with van der Waals surface area (Å²) in [6.45, 7) is 3.87. The average Bonchev–Trinajstić information content (AvgIpc) is 2.62. The number of pyridine rings is 1. The van der Waals surface area contributed by atoms with Gasteiger partial charge in [0.2, 0.25) is 0 Å². The number of hydrogen-bond donors (Lipinski definition) is 1. The molecule has 0 aliphatic carbocycles. The molecule has 0 saturated carbocycles. The van der Waals surface area contributed by atoms with Gasteiger partial charge < -0.3 is 10.2 Å². The molecule has 3 rings (SSSR count). The first-order chi connectivity index (χ1) is 11.2. The summed E-state index contributed by atoms with van der Waals surface area (Å²) in [6, 6.07) is 11.4.